The molecule has 1 aromatic rings. The summed E-state index contributed by atoms with van der Waals surface area (Å²) in [6.45, 7) is 14.5. The Kier molecular flexibility index (Phi) is 5.44. The molecule has 7 nitrogen and oxygen atoms in total. The Morgan fingerprint density at radius 2 is 1.96 bits per heavy atom. The molecule has 1 aliphatic heterocycles. The van der Waals surface area contributed by atoms with E-state index in [9.17, 15) is 9.59 Å². The molecule has 0 spiro atoms. The summed E-state index contributed by atoms with van der Waals surface area (Å²) in [6, 6.07) is 0.118. The van der Waals surface area contributed by atoms with Crippen molar-refractivity contribution in [1.82, 2.24) is 14.7 Å². The lowest BCUT2D eigenvalue weighted by Gasteiger charge is -2.33. The van der Waals surface area contributed by atoms with Crippen LogP contribution in [0.2, 0.25) is 0 Å². The summed E-state index contributed by atoms with van der Waals surface area (Å²) >= 11 is 0. The molecule has 0 saturated carbocycles. The van der Waals surface area contributed by atoms with Crippen molar-refractivity contribution < 1.29 is 19.1 Å². The largest absolute Gasteiger partial charge is 0.461 e. The molecule has 25 heavy (non-hydrogen) atoms. The highest BCUT2D eigenvalue weighted by Gasteiger charge is 2.36. The van der Waals surface area contributed by atoms with Gasteiger partial charge in [0.15, 0.2) is 5.69 Å². The lowest BCUT2D eigenvalue weighted by Crippen LogP contribution is -2.41. The Balaban J connectivity index is 2.40. The summed E-state index contributed by atoms with van der Waals surface area (Å²) in [6.07, 6.45) is -0.378. The van der Waals surface area contributed by atoms with E-state index in [4.69, 9.17) is 9.47 Å². The Morgan fingerprint density at radius 1 is 1.32 bits per heavy atom. The van der Waals surface area contributed by atoms with Crippen LogP contribution in [0.25, 0.3) is 0 Å². The fourth-order valence-electron chi connectivity index (χ4n) is 3.06. The predicted octanol–water partition coefficient (Wildman–Crippen LogP) is 3.49. The van der Waals surface area contributed by atoms with Crippen LogP contribution in [0.4, 0.5) is 4.79 Å². The molecular formula is C18H29N3O4. The number of ether oxygens (including phenoxy) is 2. The molecule has 1 aliphatic rings. The number of aromatic nitrogens is 2. The number of fused-ring (bicyclic) bond motifs is 1. The van der Waals surface area contributed by atoms with Crippen LogP contribution in [0, 0.1) is 0 Å². The highest BCUT2D eigenvalue weighted by atomic mass is 16.6. The maximum atomic E-state index is 12.5. The summed E-state index contributed by atoms with van der Waals surface area (Å²) in [5, 5.41) is 4.49. The van der Waals surface area contributed by atoms with Crippen LogP contribution >= 0.6 is 0 Å². The predicted molar refractivity (Wildman–Crippen MR) is 93.6 cm³/mol. The Labute approximate surface area is 149 Å². The summed E-state index contributed by atoms with van der Waals surface area (Å²) in [5.41, 5.74) is 1.49. The Hall–Kier alpha value is -2.05. The molecule has 0 aliphatic carbocycles. The number of rotatable bonds is 3. The second-order valence-corrected chi connectivity index (χ2v) is 7.73. The van der Waals surface area contributed by atoms with Gasteiger partial charge in [-0.2, -0.15) is 5.10 Å². The first kappa shape index (κ1) is 19.3. The van der Waals surface area contributed by atoms with Crippen LogP contribution in [0.1, 0.15) is 82.2 Å². The van der Waals surface area contributed by atoms with E-state index in [-0.39, 0.29) is 24.7 Å². The average molecular weight is 351 g/mol. The number of esters is 1. The second-order valence-electron chi connectivity index (χ2n) is 7.73. The Morgan fingerprint density at radius 3 is 2.48 bits per heavy atom. The molecule has 2 heterocycles. The van der Waals surface area contributed by atoms with Gasteiger partial charge in [0.25, 0.3) is 0 Å². The van der Waals surface area contributed by atoms with Crippen molar-refractivity contribution in [2.75, 3.05) is 13.2 Å². The fraction of sp³-hybridized carbons (Fsp3) is 0.722. The number of hydrogen-bond acceptors (Lipinski definition) is 5. The normalized spacial score (nSPS) is 17.4. The van der Waals surface area contributed by atoms with Gasteiger partial charge in [-0.05, 0) is 41.5 Å². The van der Waals surface area contributed by atoms with E-state index in [2.05, 4.69) is 5.10 Å². The highest BCUT2D eigenvalue weighted by Crippen LogP contribution is 2.33. The molecule has 2 rings (SSSR count). The van der Waals surface area contributed by atoms with Crippen molar-refractivity contribution in [1.29, 1.82) is 0 Å². The van der Waals surface area contributed by atoms with E-state index in [0.29, 0.717) is 18.8 Å². The molecule has 140 valence electrons. The summed E-state index contributed by atoms with van der Waals surface area (Å²) < 4.78 is 12.5. The van der Waals surface area contributed by atoms with Gasteiger partial charge >= 0.3 is 12.1 Å². The van der Waals surface area contributed by atoms with Gasteiger partial charge in [-0.25, -0.2) is 9.59 Å². The first-order chi connectivity index (χ1) is 11.5. The molecule has 0 unspecified atom stereocenters. The quantitative estimate of drug-likeness (QED) is 0.779. The summed E-state index contributed by atoms with van der Waals surface area (Å²) in [7, 11) is 0. The van der Waals surface area contributed by atoms with Gasteiger partial charge < -0.3 is 14.4 Å². The zero-order valence-electron chi connectivity index (χ0n) is 16.3. The molecule has 0 N–H and O–H groups in total. The minimum Gasteiger partial charge on any atom is -0.461 e. The number of nitrogens with zero attached hydrogens (tertiary/aromatic N) is 3. The van der Waals surface area contributed by atoms with Crippen molar-refractivity contribution in [3.63, 3.8) is 0 Å². The first-order valence-electron chi connectivity index (χ1n) is 8.81. The number of amides is 1. The number of hydrogen-bond donors (Lipinski definition) is 0. The van der Waals surface area contributed by atoms with Crippen molar-refractivity contribution in [3.05, 3.63) is 17.0 Å². The molecule has 0 radical (unpaired) electrons. The smallest absolute Gasteiger partial charge is 0.410 e. The summed E-state index contributed by atoms with van der Waals surface area (Å²) in [5.74, 6) is -0.397. The van der Waals surface area contributed by atoms with Gasteiger partial charge in [-0.3, -0.25) is 4.68 Å². The van der Waals surface area contributed by atoms with Crippen LogP contribution in [-0.2, 0) is 16.0 Å². The highest BCUT2D eigenvalue weighted by molar-refractivity contribution is 5.89. The first-order valence-corrected chi connectivity index (χ1v) is 8.81. The zero-order valence-corrected chi connectivity index (χ0v) is 16.3. The van der Waals surface area contributed by atoms with Crippen LogP contribution < -0.4 is 0 Å². The molecule has 0 aromatic carbocycles. The van der Waals surface area contributed by atoms with Crippen LogP contribution in [0.5, 0.6) is 0 Å². The molecular weight excluding hydrogens is 322 g/mol. The average Bonchev–Trinajstić information content (AvgIpc) is 2.86. The van der Waals surface area contributed by atoms with E-state index < -0.39 is 11.6 Å². The van der Waals surface area contributed by atoms with Crippen LogP contribution in [0.3, 0.4) is 0 Å². The minimum atomic E-state index is -0.563. The maximum absolute atomic E-state index is 12.5. The molecule has 1 atom stereocenters. The third kappa shape index (κ3) is 4.14. The van der Waals surface area contributed by atoms with Gasteiger partial charge in [0.05, 0.1) is 13.2 Å². The van der Waals surface area contributed by atoms with Gasteiger partial charge in [-0.15, -0.1) is 0 Å². The second kappa shape index (κ2) is 7.06. The number of carbonyl (C=O) groups is 2. The van der Waals surface area contributed by atoms with Gasteiger partial charge in [0.1, 0.15) is 5.60 Å². The monoisotopic (exact) mass is 351 g/mol. The third-order valence-corrected chi connectivity index (χ3v) is 3.97. The number of carbonyl (C=O) groups excluding carboxylic acids is 2. The summed E-state index contributed by atoms with van der Waals surface area (Å²) in [4.78, 5) is 26.4. The van der Waals surface area contributed by atoms with Crippen molar-refractivity contribution in [2.24, 2.45) is 0 Å². The van der Waals surface area contributed by atoms with Crippen molar-refractivity contribution in [2.45, 2.75) is 72.6 Å². The molecule has 0 saturated heterocycles. The van der Waals surface area contributed by atoms with E-state index >= 15 is 0 Å². The van der Waals surface area contributed by atoms with E-state index in [1.165, 1.54) is 0 Å². The van der Waals surface area contributed by atoms with Gasteiger partial charge in [0.2, 0.25) is 0 Å². The van der Waals surface area contributed by atoms with Gasteiger partial charge in [0, 0.05) is 29.8 Å². The van der Waals surface area contributed by atoms with E-state index in [0.717, 1.165) is 11.3 Å². The van der Waals surface area contributed by atoms with Crippen molar-refractivity contribution >= 4 is 12.1 Å². The molecule has 7 heteroatoms. The van der Waals surface area contributed by atoms with Gasteiger partial charge in [-0.1, -0.05) is 6.92 Å². The lowest BCUT2D eigenvalue weighted by molar-refractivity contribution is 0.0203. The Bertz CT molecular complexity index is 658. The SMILES string of the molecule is CCOC(=O)c1nn(C(C)C)c2c1CN(C(=O)OC(C)(C)C)C[C@@H]2C. The van der Waals surface area contributed by atoms with Crippen LogP contribution in [0.15, 0.2) is 0 Å². The standard InChI is InChI=1S/C18H29N3O4/c1-8-24-16(22)14-13-10-20(17(23)25-18(5,6)7)9-12(4)15(13)21(19-14)11(2)3/h11-12H,8-10H2,1-7H3/t12-/m0/s1. The minimum absolute atomic E-state index is 0.0503. The molecule has 0 fully saturated rings. The van der Waals surface area contributed by atoms with E-state index in [1.807, 2.05) is 46.2 Å². The van der Waals surface area contributed by atoms with Crippen LogP contribution in [-0.4, -0.2) is 45.5 Å². The maximum Gasteiger partial charge on any atom is 0.410 e. The lowest BCUT2D eigenvalue weighted by atomic mass is 9.96. The fourth-order valence-corrected chi connectivity index (χ4v) is 3.06. The zero-order chi connectivity index (χ0) is 18.9. The molecule has 0 bridgehead atoms. The van der Waals surface area contributed by atoms with E-state index in [1.54, 1.807) is 11.8 Å². The third-order valence-electron chi connectivity index (χ3n) is 3.97. The molecule has 1 aromatic heterocycles. The topological polar surface area (TPSA) is 73.7 Å². The molecule has 1 amide bonds. The van der Waals surface area contributed by atoms with Crippen molar-refractivity contribution in [3.8, 4) is 0 Å².